The molecule has 1 aliphatic rings. The lowest BCUT2D eigenvalue weighted by Crippen LogP contribution is -2.37. The summed E-state index contributed by atoms with van der Waals surface area (Å²) in [4.78, 5) is 41.7. The van der Waals surface area contributed by atoms with Gasteiger partial charge in [0.15, 0.2) is 0 Å². The zero-order chi connectivity index (χ0) is 18.7. The summed E-state index contributed by atoms with van der Waals surface area (Å²) in [6, 6.07) is 9.77. The van der Waals surface area contributed by atoms with E-state index in [1.807, 2.05) is 0 Å². The van der Waals surface area contributed by atoms with E-state index in [2.05, 4.69) is 15.6 Å². The molecule has 1 aliphatic heterocycles. The van der Waals surface area contributed by atoms with Crippen LogP contribution in [0.3, 0.4) is 0 Å². The summed E-state index contributed by atoms with van der Waals surface area (Å²) in [5.74, 6) is -0.886. The number of hydrogen-bond acceptors (Lipinski definition) is 6. The average molecular weight is 354 g/mol. The topological polar surface area (TPSA) is 112 Å². The number of fused-ring (bicyclic) bond motifs is 1. The van der Waals surface area contributed by atoms with Gasteiger partial charge in [-0.15, -0.1) is 0 Å². The highest BCUT2D eigenvalue weighted by atomic mass is 16.3. The van der Waals surface area contributed by atoms with Crippen molar-refractivity contribution in [1.29, 1.82) is 0 Å². The van der Waals surface area contributed by atoms with Crippen LogP contribution in [0.15, 0.2) is 42.6 Å². The first-order valence-electron chi connectivity index (χ1n) is 8.09. The fourth-order valence-electron chi connectivity index (χ4n) is 2.55. The normalized spacial score (nSPS) is 14.2. The van der Waals surface area contributed by atoms with E-state index in [-0.39, 0.29) is 6.54 Å². The number of amides is 3. The van der Waals surface area contributed by atoms with Crippen LogP contribution < -0.4 is 10.6 Å². The van der Waals surface area contributed by atoms with Crippen molar-refractivity contribution in [2.75, 3.05) is 23.7 Å². The Balaban J connectivity index is 1.60. The number of anilines is 2. The Morgan fingerprint density at radius 1 is 1.15 bits per heavy atom. The number of rotatable bonds is 6. The molecule has 134 valence electrons. The Hall–Kier alpha value is -3.26. The molecule has 0 saturated heterocycles. The molecule has 0 saturated carbocycles. The molecule has 0 radical (unpaired) electrons. The molecule has 0 bridgehead atoms. The Bertz CT molecular complexity index is 814. The number of carbonyl (C=O) groups excluding carboxylic acids is 3. The van der Waals surface area contributed by atoms with Crippen molar-refractivity contribution in [3.8, 4) is 0 Å². The largest absolute Gasteiger partial charge is 0.392 e. The van der Waals surface area contributed by atoms with Crippen LogP contribution in [-0.2, 0) is 4.79 Å². The van der Waals surface area contributed by atoms with Crippen LogP contribution in [-0.4, -0.2) is 51.9 Å². The number of hydrogen-bond donors (Lipinski definition) is 3. The van der Waals surface area contributed by atoms with Gasteiger partial charge < -0.3 is 15.7 Å². The van der Waals surface area contributed by atoms with Crippen molar-refractivity contribution in [2.24, 2.45) is 0 Å². The maximum Gasteiger partial charge on any atom is 0.262 e. The van der Waals surface area contributed by atoms with Gasteiger partial charge in [0.1, 0.15) is 12.4 Å². The number of aliphatic hydroxyl groups excluding tert-OH is 1. The quantitative estimate of drug-likeness (QED) is 0.670. The molecule has 0 aliphatic carbocycles. The highest BCUT2D eigenvalue weighted by molar-refractivity contribution is 6.22. The van der Waals surface area contributed by atoms with Gasteiger partial charge in [-0.05, 0) is 31.2 Å². The van der Waals surface area contributed by atoms with Crippen LogP contribution in [0, 0.1) is 0 Å². The Morgan fingerprint density at radius 2 is 1.81 bits per heavy atom. The fraction of sp³-hybridized carbons (Fsp3) is 0.222. The highest BCUT2D eigenvalue weighted by Gasteiger charge is 2.36. The lowest BCUT2D eigenvalue weighted by Gasteiger charge is -2.14. The van der Waals surface area contributed by atoms with Crippen LogP contribution in [0.5, 0.6) is 0 Å². The van der Waals surface area contributed by atoms with Crippen molar-refractivity contribution >= 4 is 29.2 Å². The second-order valence-electron chi connectivity index (χ2n) is 5.95. The molecule has 1 aromatic carbocycles. The maximum atomic E-state index is 12.3. The molecule has 1 unspecified atom stereocenters. The van der Waals surface area contributed by atoms with Gasteiger partial charge in [0.25, 0.3) is 11.8 Å². The minimum atomic E-state index is -0.504. The molecular formula is C18H18N4O4. The first-order chi connectivity index (χ1) is 12.5. The molecule has 3 rings (SSSR count). The molecule has 2 aromatic rings. The molecule has 1 aromatic heterocycles. The Morgan fingerprint density at radius 3 is 2.35 bits per heavy atom. The van der Waals surface area contributed by atoms with E-state index in [1.165, 1.54) is 6.20 Å². The second kappa shape index (κ2) is 7.32. The molecule has 2 heterocycles. The number of pyridine rings is 1. The lowest BCUT2D eigenvalue weighted by molar-refractivity contribution is -0.116. The number of benzene rings is 1. The first kappa shape index (κ1) is 17.6. The summed E-state index contributed by atoms with van der Waals surface area (Å²) >= 11 is 0. The SMILES string of the molecule is CC(O)CNc1ccc(NC(=O)CN2C(=O)c3ccccc3C2=O)cn1. The molecule has 8 nitrogen and oxygen atoms in total. The summed E-state index contributed by atoms with van der Waals surface area (Å²) in [6.07, 6.45) is 0.945. The second-order valence-corrected chi connectivity index (χ2v) is 5.95. The third-order valence-corrected chi connectivity index (χ3v) is 3.81. The summed E-state index contributed by atoms with van der Waals surface area (Å²) in [7, 11) is 0. The smallest absolute Gasteiger partial charge is 0.262 e. The average Bonchev–Trinajstić information content (AvgIpc) is 2.86. The zero-order valence-corrected chi connectivity index (χ0v) is 14.1. The zero-order valence-electron chi connectivity index (χ0n) is 14.1. The van der Waals surface area contributed by atoms with E-state index >= 15 is 0 Å². The van der Waals surface area contributed by atoms with Crippen molar-refractivity contribution < 1.29 is 19.5 Å². The van der Waals surface area contributed by atoms with E-state index in [0.29, 0.717) is 29.2 Å². The van der Waals surface area contributed by atoms with Crippen LogP contribution >= 0.6 is 0 Å². The number of nitrogens with one attached hydrogen (secondary N) is 2. The predicted octanol–water partition coefficient (Wildman–Crippen LogP) is 1.11. The fourth-order valence-corrected chi connectivity index (χ4v) is 2.55. The van der Waals surface area contributed by atoms with Crippen LogP contribution in [0.25, 0.3) is 0 Å². The van der Waals surface area contributed by atoms with Gasteiger partial charge in [0, 0.05) is 6.54 Å². The number of nitrogens with zero attached hydrogens (tertiary/aromatic N) is 2. The highest BCUT2D eigenvalue weighted by Crippen LogP contribution is 2.22. The van der Waals surface area contributed by atoms with Crippen molar-refractivity contribution in [3.05, 3.63) is 53.7 Å². The van der Waals surface area contributed by atoms with Crippen LogP contribution in [0.4, 0.5) is 11.5 Å². The summed E-state index contributed by atoms with van der Waals surface area (Å²) in [5.41, 5.74) is 1.05. The third-order valence-electron chi connectivity index (χ3n) is 3.81. The molecule has 0 fully saturated rings. The molecule has 0 spiro atoms. The summed E-state index contributed by atoms with van der Waals surface area (Å²) < 4.78 is 0. The van der Waals surface area contributed by atoms with Gasteiger partial charge in [0.05, 0.1) is 29.1 Å². The molecule has 3 N–H and O–H groups in total. The van der Waals surface area contributed by atoms with Crippen molar-refractivity contribution in [2.45, 2.75) is 13.0 Å². The summed E-state index contributed by atoms with van der Waals surface area (Å²) in [5, 5.41) is 14.8. The Labute approximate surface area is 149 Å². The number of imide groups is 1. The molecular weight excluding hydrogens is 336 g/mol. The number of aromatic nitrogens is 1. The molecule has 8 heteroatoms. The molecule has 3 amide bonds. The summed E-state index contributed by atoms with van der Waals surface area (Å²) in [6.45, 7) is 1.65. The minimum absolute atomic E-state index is 0.306. The molecule has 1 atom stereocenters. The predicted molar refractivity (Wildman–Crippen MR) is 94.8 cm³/mol. The van der Waals surface area contributed by atoms with E-state index in [4.69, 9.17) is 0 Å². The van der Waals surface area contributed by atoms with E-state index < -0.39 is 23.8 Å². The van der Waals surface area contributed by atoms with E-state index in [0.717, 1.165) is 4.90 Å². The first-order valence-corrected chi connectivity index (χ1v) is 8.09. The third kappa shape index (κ3) is 3.70. The lowest BCUT2D eigenvalue weighted by atomic mass is 10.1. The van der Waals surface area contributed by atoms with E-state index in [1.54, 1.807) is 43.3 Å². The number of aliphatic hydroxyl groups is 1. The molecule has 26 heavy (non-hydrogen) atoms. The van der Waals surface area contributed by atoms with Gasteiger partial charge >= 0.3 is 0 Å². The minimum Gasteiger partial charge on any atom is -0.392 e. The van der Waals surface area contributed by atoms with Crippen molar-refractivity contribution in [1.82, 2.24) is 9.88 Å². The van der Waals surface area contributed by atoms with Crippen LogP contribution in [0.2, 0.25) is 0 Å². The maximum absolute atomic E-state index is 12.3. The standard InChI is InChI=1S/C18H18N4O4/c1-11(23)8-19-15-7-6-12(9-20-15)21-16(24)10-22-17(25)13-4-2-3-5-14(13)18(22)26/h2-7,9,11,23H,8,10H2,1H3,(H,19,20)(H,21,24). The number of carbonyl (C=O) groups is 3. The van der Waals surface area contributed by atoms with Crippen molar-refractivity contribution in [3.63, 3.8) is 0 Å². The monoisotopic (exact) mass is 354 g/mol. The van der Waals surface area contributed by atoms with Crippen LogP contribution in [0.1, 0.15) is 27.6 Å². The van der Waals surface area contributed by atoms with Gasteiger partial charge in [-0.25, -0.2) is 4.98 Å². The van der Waals surface area contributed by atoms with Gasteiger partial charge in [-0.2, -0.15) is 0 Å². The Kier molecular flexibility index (Phi) is 4.94. The van der Waals surface area contributed by atoms with E-state index in [9.17, 15) is 19.5 Å². The van der Waals surface area contributed by atoms with Gasteiger partial charge in [-0.1, -0.05) is 12.1 Å². The van der Waals surface area contributed by atoms with Gasteiger partial charge in [0.2, 0.25) is 5.91 Å². The van der Waals surface area contributed by atoms with Gasteiger partial charge in [-0.3, -0.25) is 19.3 Å².